The minimum Gasteiger partial charge on any atom is -0.497 e. The molecule has 0 saturated heterocycles. The number of rotatable bonds is 5. The Labute approximate surface area is 154 Å². The molecule has 1 aliphatic carbocycles. The predicted molar refractivity (Wildman–Crippen MR) is 99.9 cm³/mol. The third kappa shape index (κ3) is 2.78. The fourth-order valence-corrected chi connectivity index (χ4v) is 4.25. The van der Waals surface area contributed by atoms with Gasteiger partial charge in [0, 0.05) is 11.6 Å². The zero-order valence-electron chi connectivity index (χ0n) is 14.7. The molecule has 0 bridgehead atoms. The number of imidazole rings is 1. The Balaban J connectivity index is 1.60. The van der Waals surface area contributed by atoms with Crippen LogP contribution >= 0.6 is 11.8 Å². The number of methoxy groups -OCH3 is 3. The quantitative estimate of drug-likeness (QED) is 0.741. The summed E-state index contributed by atoms with van der Waals surface area (Å²) in [4.78, 5) is 20.6. The van der Waals surface area contributed by atoms with Crippen molar-refractivity contribution in [1.29, 1.82) is 0 Å². The van der Waals surface area contributed by atoms with E-state index in [1.807, 2.05) is 24.3 Å². The molecule has 26 heavy (non-hydrogen) atoms. The topological polar surface area (TPSA) is 73.4 Å². The van der Waals surface area contributed by atoms with Crippen molar-refractivity contribution in [2.24, 2.45) is 0 Å². The molecule has 0 amide bonds. The highest BCUT2D eigenvalue weighted by Gasteiger charge is 2.33. The van der Waals surface area contributed by atoms with Crippen LogP contribution in [0.3, 0.4) is 0 Å². The van der Waals surface area contributed by atoms with Crippen molar-refractivity contribution in [2.45, 2.75) is 16.8 Å². The number of nitrogens with zero attached hydrogens (tertiary/aromatic N) is 1. The number of H-pyrrole nitrogens is 1. The van der Waals surface area contributed by atoms with E-state index in [0.717, 1.165) is 27.5 Å². The van der Waals surface area contributed by atoms with Crippen LogP contribution in [0.1, 0.15) is 15.9 Å². The van der Waals surface area contributed by atoms with E-state index in [0.29, 0.717) is 23.5 Å². The number of hydrogen-bond acceptors (Lipinski definition) is 6. The third-order valence-corrected chi connectivity index (χ3v) is 5.58. The lowest BCUT2D eigenvalue weighted by atomic mass is 10.1. The Morgan fingerprint density at radius 3 is 2.58 bits per heavy atom. The SMILES string of the molecule is COc1ccc2nc(S[C@H]3Cc4cc(OC)c(OC)cc4C3=O)[nH]c2c1. The number of ketones is 1. The van der Waals surface area contributed by atoms with Crippen molar-refractivity contribution in [1.82, 2.24) is 9.97 Å². The number of Topliss-reactive ketones (excluding diaryl/α,β-unsaturated/α-hetero) is 1. The number of thioether (sulfide) groups is 1. The van der Waals surface area contributed by atoms with E-state index in [4.69, 9.17) is 14.2 Å². The van der Waals surface area contributed by atoms with Gasteiger partial charge in [-0.3, -0.25) is 4.79 Å². The first-order chi connectivity index (χ1) is 12.6. The average Bonchev–Trinajstić information content (AvgIpc) is 3.20. The molecular weight excluding hydrogens is 352 g/mol. The maximum absolute atomic E-state index is 12.8. The van der Waals surface area contributed by atoms with E-state index in [2.05, 4.69) is 9.97 Å². The van der Waals surface area contributed by atoms with Crippen LogP contribution in [0.25, 0.3) is 11.0 Å². The molecule has 134 valence electrons. The van der Waals surface area contributed by atoms with Gasteiger partial charge in [0.25, 0.3) is 0 Å². The van der Waals surface area contributed by atoms with Gasteiger partial charge in [-0.1, -0.05) is 11.8 Å². The molecule has 0 saturated carbocycles. The summed E-state index contributed by atoms with van der Waals surface area (Å²) in [5.74, 6) is 2.06. The summed E-state index contributed by atoms with van der Waals surface area (Å²) >= 11 is 1.44. The number of aromatic nitrogens is 2. The summed E-state index contributed by atoms with van der Waals surface area (Å²) in [7, 11) is 4.79. The maximum atomic E-state index is 12.8. The number of nitrogens with one attached hydrogen (secondary N) is 1. The minimum atomic E-state index is -0.218. The van der Waals surface area contributed by atoms with E-state index in [-0.39, 0.29) is 11.0 Å². The zero-order chi connectivity index (χ0) is 18.3. The lowest BCUT2D eigenvalue weighted by Crippen LogP contribution is -2.11. The molecule has 1 N–H and O–H groups in total. The molecule has 1 aromatic heterocycles. The van der Waals surface area contributed by atoms with Crippen molar-refractivity contribution in [2.75, 3.05) is 21.3 Å². The molecule has 4 rings (SSSR count). The van der Waals surface area contributed by atoms with E-state index < -0.39 is 0 Å². The largest absolute Gasteiger partial charge is 0.497 e. The van der Waals surface area contributed by atoms with Crippen molar-refractivity contribution in [3.05, 3.63) is 41.5 Å². The zero-order valence-corrected chi connectivity index (χ0v) is 15.5. The number of aromatic amines is 1. The molecule has 0 aliphatic heterocycles. The number of carbonyl (C=O) groups excluding carboxylic acids is 1. The van der Waals surface area contributed by atoms with Gasteiger partial charge in [0.1, 0.15) is 5.75 Å². The summed E-state index contributed by atoms with van der Waals surface area (Å²) in [6.45, 7) is 0. The molecule has 3 aromatic rings. The van der Waals surface area contributed by atoms with E-state index in [9.17, 15) is 4.79 Å². The molecule has 2 aromatic carbocycles. The number of carbonyl (C=O) groups is 1. The Morgan fingerprint density at radius 1 is 1.08 bits per heavy atom. The van der Waals surface area contributed by atoms with Gasteiger partial charge in [-0.05, 0) is 36.2 Å². The van der Waals surface area contributed by atoms with Gasteiger partial charge in [0.15, 0.2) is 22.4 Å². The lowest BCUT2D eigenvalue weighted by Gasteiger charge is -2.09. The van der Waals surface area contributed by atoms with Crippen LogP contribution in [0.2, 0.25) is 0 Å². The third-order valence-electron chi connectivity index (χ3n) is 4.49. The molecule has 6 nitrogen and oxygen atoms in total. The molecule has 0 radical (unpaired) electrons. The monoisotopic (exact) mass is 370 g/mol. The minimum absolute atomic E-state index is 0.0870. The van der Waals surface area contributed by atoms with Crippen LogP contribution < -0.4 is 14.2 Å². The first-order valence-electron chi connectivity index (χ1n) is 8.12. The first-order valence-corrected chi connectivity index (χ1v) is 9.00. The molecule has 0 fully saturated rings. The standard InChI is InChI=1S/C19H18N2O4S/c1-23-11-4-5-13-14(8-11)21-19(20-13)26-17-7-10-6-15(24-2)16(25-3)9-12(10)18(17)22/h4-6,8-9,17H,7H2,1-3H3,(H,20,21)/t17-/m0/s1. The van der Waals surface area contributed by atoms with E-state index in [1.165, 1.54) is 11.8 Å². The van der Waals surface area contributed by atoms with Gasteiger partial charge in [-0.2, -0.15) is 0 Å². The first kappa shape index (κ1) is 16.8. The average molecular weight is 370 g/mol. The van der Waals surface area contributed by atoms with Crippen LogP contribution in [0.15, 0.2) is 35.5 Å². The predicted octanol–water partition coefficient (Wildman–Crippen LogP) is 3.49. The molecule has 1 atom stereocenters. The van der Waals surface area contributed by atoms with Gasteiger partial charge in [0.2, 0.25) is 0 Å². The summed E-state index contributed by atoms with van der Waals surface area (Å²) < 4.78 is 15.9. The molecule has 7 heteroatoms. The van der Waals surface area contributed by atoms with E-state index in [1.54, 1.807) is 27.4 Å². The smallest absolute Gasteiger partial charge is 0.177 e. The molecule has 0 unspecified atom stereocenters. The fraction of sp³-hybridized carbons (Fsp3) is 0.263. The van der Waals surface area contributed by atoms with Gasteiger partial charge in [0.05, 0.1) is 37.6 Å². The van der Waals surface area contributed by atoms with Crippen molar-refractivity contribution < 1.29 is 19.0 Å². The molecule has 0 spiro atoms. The maximum Gasteiger partial charge on any atom is 0.177 e. The number of ether oxygens (including phenoxy) is 3. The normalized spacial score (nSPS) is 16.0. The highest BCUT2D eigenvalue weighted by atomic mass is 32.2. The van der Waals surface area contributed by atoms with Crippen LogP contribution in [0.5, 0.6) is 17.2 Å². The summed E-state index contributed by atoms with van der Waals surface area (Å²) in [5.41, 5.74) is 3.40. The molecule has 1 aliphatic rings. The highest BCUT2D eigenvalue weighted by Crippen LogP contribution is 2.39. The van der Waals surface area contributed by atoms with E-state index >= 15 is 0 Å². The number of hydrogen-bond donors (Lipinski definition) is 1. The summed E-state index contributed by atoms with van der Waals surface area (Å²) in [6, 6.07) is 9.31. The summed E-state index contributed by atoms with van der Waals surface area (Å²) in [5, 5.41) is 0.502. The fourth-order valence-electron chi connectivity index (χ4n) is 3.16. The lowest BCUT2D eigenvalue weighted by molar-refractivity contribution is 0.1000. The van der Waals surface area contributed by atoms with Crippen molar-refractivity contribution >= 4 is 28.6 Å². The van der Waals surface area contributed by atoms with Gasteiger partial charge < -0.3 is 19.2 Å². The second-order valence-electron chi connectivity index (χ2n) is 5.96. The number of fused-ring (bicyclic) bond motifs is 2. The summed E-state index contributed by atoms with van der Waals surface area (Å²) in [6.07, 6.45) is 0.638. The van der Waals surface area contributed by atoms with Crippen LogP contribution in [0, 0.1) is 0 Å². The van der Waals surface area contributed by atoms with Crippen LogP contribution in [-0.4, -0.2) is 42.3 Å². The van der Waals surface area contributed by atoms with Gasteiger partial charge >= 0.3 is 0 Å². The molecular formula is C19H18N2O4S. The van der Waals surface area contributed by atoms with Crippen molar-refractivity contribution in [3.63, 3.8) is 0 Å². The Hall–Kier alpha value is -2.67. The second-order valence-corrected chi connectivity index (χ2v) is 7.16. The Kier molecular flexibility index (Phi) is 4.24. The second kappa shape index (κ2) is 6.57. The highest BCUT2D eigenvalue weighted by molar-refractivity contribution is 8.00. The van der Waals surface area contributed by atoms with Crippen LogP contribution in [0.4, 0.5) is 0 Å². The van der Waals surface area contributed by atoms with Gasteiger partial charge in [-0.15, -0.1) is 0 Å². The molecule has 1 heterocycles. The Morgan fingerprint density at radius 2 is 1.85 bits per heavy atom. The van der Waals surface area contributed by atoms with Crippen LogP contribution in [-0.2, 0) is 6.42 Å². The Bertz CT molecular complexity index is 999. The van der Waals surface area contributed by atoms with Crippen molar-refractivity contribution in [3.8, 4) is 17.2 Å². The number of benzene rings is 2. The van der Waals surface area contributed by atoms with Gasteiger partial charge in [-0.25, -0.2) is 4.98 Å².